The van der Waals surface area contributed by atoms with Crippen LogP contribution in [-0.4, -0.2) is 45.9 Å². The molecule has 0 saturated carbocycles. The van der Waals surface area contributed by atoms with Gasteiger partial charge in [-0.05, 0) is 19.8 Å². The van der Waals surface area contributed by atoms with Gasteiger partial charge in [-0.3, -0.25) is 24.6 Å². The zero-order chi connectivity index (χ0) is 13.9. The van der Waals surface area contributed by atoms with Crippen molar-refractivity contribution in [3.05, 3.63) is 0 Å². The number of hydrogen-bond donors (Lipinski definition) is 2. The van der Waals surface area contributed by atoms with Crippen LogP contribution in [0.2, 0.25) is 0 Å². The molecule has 2 atom stereocenters. The number of nitrogens with zero attached hydrogens (tertiary/aromatic N) is 1. The van der Waals surface area contributed by atoms with Crippen molar-refractivity contribution < 1.29 is 19.5 Å². The summed E-state index contributed by atoms with van der Waals surface area (Å²) < 4.78 is 0. The molecule has 2 amide bonds. The van der Waals surface area contributed by atoms with Crippen molar-refractivity contribution in [2.75, 3.05) is 0 Å². The van der Waals surface area contributed by atoms with Gasteiger partial charge in [-0.15, -0.1) is 0 Å². The van der Waals surface area contributed by atoms with Crippen LogP contribution in [0.3, 0.4) is 0 Å². The largest absolute Gasteiger partial charge is 0.480 e. The second kappa shape index (κ2) is 5.95. The van der Waals surface area contributed by atoms with Gasteiger partial charge in [0.2, 0.25) is 11.8 Å². The van der Waals surface area contributed by atoms with E-state index >= 15 is 0 Å². The summed E-state index contributed by atoms with van der Waals surface area (Å²) in [6.45, 7) is 5.31. The third-order valence-corrected chi connectivity index (χ3v) is 3.31. The minimum atomic E-state index is -1.03. The maximum atomic E-state index is 12.1. The van der Waals surface area contributed by atoms with E-state index in [1.54, 1.807) is 0 Å². The molecule has 1 heterocycles. The topological polar surface area (TPSA) is 86.7 Å². The van der Waals surface area contributed by atoms with Crippen LogP contribution in [0, 0.1) is 0 Å². The first-order valence-electron chi connectivity index (χ1n) is 6.27. The Labute approximate surface area is 106 Å². The fraction of sp³-hybridized carbons (Fsp3) is 0.750. The molecule has 1 aliphatic heterocycles. The summed E-state index contributed by atoms with van der Waals surface area (Å²) in [5, 5.41) is 11.5. The molecule has 1 unspecified atom stereocenters. The average Bonchev–Trinajstić information content (AvgIpc) is 2.58. The van der Waals surface area contributed by atoms with E-state index in [1.807, 2.05) is 13.8 Å². The predicted octanol–water partition coefficient (Wildman–Crippen LogP) is 0.365. The molecule has 6 nitrogen and oxygen atoms in total. The molecule has 0 bridgehead atoms. The van der Waals surface area contributed by atoms with Crippen LogP contribution < -0.4 is 5.32 Å². The molecule has 0 spiro atoms. The summed E-state index contributed by atoms with van der Waals surface area (Å²) in [6, 6.07) is -1.63. The van der Waals surface area contributed by atoms with E-state index < -0.39 is 18.1 Å². The van der Waals surface area contributed by atoms with E-state index in [0.29, 0.717) is 0 Å². The third kappa shape index (κ3) is 2.87. The molecular formula is C12H20N2O4. The lowest BCUT2D eigenvalue weighted by molar-refractivity contribution is -0.141. The second-order valence-electron chi connectivity index (χ2n) is 4.56. The monoisotopic (exact) mass is 256 g/mol. The highest BCUT2D eigenvalue weighted by molar-refractivity contribution is 6.06. The number of likely N-dealkylation sites (tertiary alicyclic amines) is 1. The lowest BCUT2D eigenvalue weighted by Gasteiger charge is -2.24. The SMILES string of the molecule is CCC(CC)N1C(=O)CC(N[C@@H](C)C(=O)O)C1=O. The van der Waals surface area contributed by atoms with E-state index in [0.717, 1.165) is 12.8 Å². The molecule has 102 valence electrons. The molecule has 0 aliphatic carbocycles. The van der Waals surface area contributed by atoms with Crippen molar-refractivity contribution >= 4 is 17.8 Å². The Morgan fingerprint density at radius 2 is 2.00 bits per heavy atom. The Kier molecular flexibility index (Phi) is 4.84. The van der Waals surface area contributed by atoms with Crippen molar-refractivity contribution in [2.24, 2.45) is 0 Å². The van der Waals surface area contributed by atoms with Gasteiger partial charge in [-0.2, -0.15) is 0 Å². The number of hydrogen-bond acceptors (Lipinski definition) is 4. The number of carbonyl (C=O) groups excluding carboxylic acids is 2. The van der Waals surface area contributed by atoms with Gasteiger partial charge < -0.3 is 5.11 Å². The van der Waals surface area contributed by atoms with Gasteiger partial charge in [-0.1, -0.05) is 13.8 Å². The standard InChI is InChI=1S/C12H20N2O4/c1-4-8(5-2)14-10(15)6-9(11(14)16)13-7(3)12(17)18/h7-9,13H,4-6H2,1-3H3,(H,17,18)/t7-,9?/m0/s1. The van der Waals surface area contributed by atoms with Crippen LogP contribution in [0.5, 0.6) is 0 Å². The van der Waals surface area contributed by atoms with Gasteiger partial charge in [0, 0.05) is 6.04 Å². The highest BCUT2D eigenvalue weighted by Gasteiger charge is 2.42. The summed E-state index contributed by atoms with van der Waals surface area (Å²) in [4.78, 5) is 35.9. The average molecular weight is 256 g/mol. The number of carboxylic acids is 1. The van der Waals surface area contributed by atoms with Crippen LogP contribution in [0.4, 0.5) is 0 Å². The summed E-state index contributed by atoms with van der Waals surface area (Å²) in [5.74, 6) is -1.55. The molecule has 1 rings (SSSR count). The van der Waals surface area contributed by atoms with Gasteiger partial charge in [0.15, 0.2) is 0 Å². The molecule has 1 saturated heterocycles. The van der Waals surface area contributed by atoms with E-state index in [2.05, 4.69) is 5.32 Å². The zero-order valence-electron chi connectivity index (χ0n) is 11.0. The molecule has 2 N–H and O–H groups in total. The van der Waals surface area contributed by atoms with Crippen molar-refractivity contribution in [1.82, 2.24) is 10.2 Å². The number of aliphatic carboxylic acids is 1. The van der Waals surface area contributed by atoms with Crippen molar-refractivity contribution in [2.45, 2.75) is 58.2 Å². The lowest BCUT2D eigenvalue weighted by atomic mass is 10.1. The maximum absolute atomic E-state index is 12.1. The summed E-state index contributed by atoms with van der Waals surface area (Å²) in [5.41, 5.74) is 0. The Morgan fingerprint density at radius 1 is 1.44 bits per heavy atom. The summed E-state index contributed by atoms with van der Waals surface area (Å²) in [7, 11) is 0. The first-order valence-corrected chi connectivity index (χ1v) is 6.27. The van der Waals surface area contributed by atoms with Crippen LogP contribution >= 0.6 is 0 Å². The third-order valence-electron chi connectivity index (χ3n) is 3.31. The van der Waals surface area contributed by atoms with Crippen molar-refractivity contribution in [3.63, 3.8) is 0 Å². The van der Waals surface area contributed by atoms with Gasteiger partial charge in [0.05, 0.1) is 12.5 Å². The van der Waals surface area contributed by atoms with Gasteiger partial charge >= 0.3 is 5.97 Å². The maximum Gasteiger partial charge on any atom is 0.320 e. The number of imide groups is 1. The molecule has 1 fully saturated rings. The molecule has 1 aliphatic rings. The Hall–Kier alpha value is -1.43. The van der Waals surface area contributed by atoms with Gasteiger partial charge in [-0.25, -0.2) is 0 Å². The molecule has 0 aromatic carbocycles. The fourth-order valence-electron chi connectivity index (χ4n) is 2.19. The van der Waals surface area contributed by atoms with E-state index in [4.69, 9.17) is 5.11 Å². The molecule has 0 aromatic heterocycles. The molecule has 0 aromatic rings. The number of nitrogens with one attached hydrogen (secondary N) is 1. The second-order valence-corrected chi connectivity index (χ2v) is 4.56. The fourth-order valence-corrected chi connectivity index (χ4v) is 2.19. The number of carbonyl (C=O) groups is 3. The molecule has 6 heteroatoms. The van der Waals surface area contributed by atoms with E-state index in [9.17, 15) is 14.4 Å². The zero-order valence-corrected chi connectivity index (χ0v) is 11.0. The van der Waals surface area contributed by atoms with Crippen LogP contribution in [0.1, 0.15) is 40.0 Å². The number of rotatable bonds is 6. The highest BCUT2D eigenvalue weighted by atomic mass is 16.4. The van der Waals surface area contributed by atoms with Crippen LogP contribution in [0.25, 0.3) is 0 Å². The first kappa shape index (κ1) is 14.6. The summed E-state index contributed by atoms with van der Waals surface area (Å²) >= 11 is 0. The lowest BCUT2D eigenvalue weighted by Crippen LogP contribution is -2.47. The predicted molar refractivity (Wildman–Crippen MR) is 64.9 cm³/mol. The molecule has 0 radical (unpaired) electrons. The van der Waals surface area contributed by atoms with Crippen molar-refractivity contribution in [3.8, 4) is 0 Å². The van der Waals surface area contributed by atoms with E-state index in [-0.39, 0.29) is 24.3 Å². The Balaban J connectivity index is 2.75. The normalized spacial score (nSPS) is 21.8. The van der Waals surface area contributed by atoms with E-state index in [1.165, 1.54) is 11.8 Å². The summed E-state index contributed by atoms with van der Waals surface area (Å²) in [6.07, 6.45) is 1.48. The van der Waals surface area contributed by atoms with Gasteiger partial charge in [0.1, 0.15) is 6.04 Å². The van der Waals surface area contributed by atoms with Crippen LogP contribution in [-0.2, 0) is 14.4 Å². The Morgan fingerprint density at radius 3 is 2.44 bits per heavy atom. The molecule has 18 heavy (non-hydrogen) atoms. The van der Waals surface area contributed by atoms with Crippen LogP contribution in [0.15, 0.2) is 0 Å². The minimum absolute atomic E-state index is 0.0486. The van der Waals surface area contributed by atoms with Crippen molar-refractivity contribution in [1.29, 1.82) is 0 Å². The number of amides is 2. The number of carboxylic acid groups (broad SMARTS) is 1. The first-order chi connectivity index (χ1) is 8.42. The highest BCUT2D eigenvalue weighted by Crippen LogP contribution is 2.20. The van der Waals surface area contributed by atoms with Gasteiger partial charge in [0.25, 0.3) is 0 Å². The molecular weight excluding hydrogens is 236 g/mol. The minimum Gasteiger partial charge on any atom is -0.480 e. The Bertz CT molecular complexity index is 352. The quantitative estimate of drug-likeness (QED) is 0.670. The smallest absolute Gasteiger partial charge is 0.320 e.